The van der Waals surface area contributed by atoms with E-state index in [2.05, 4.69) is 21.7 Å². The van der Waals surface area contributed by atoms with Crippen molar-refractivity contribution in [3.8, 4) is 17.0 Å². The molecular formula is C18H19N3O3S. The smallest absolute Gasteiger partial charge is 0.231 e. The first kappa shape index (κ1) is 16.1. The molecule has 3 heterocycles. The number of nitrogens with one attached hydrogen (secondary N) is 2. The number of ether oxygens (including phenoxy) is 1. The summed E-state index contributed by atoms with van der Waals surface area (Å²) in [5, 5.41) is 6.10. The summed E-state index contributed by atoms with van der Waals surface area (Å²) in [6, 6.07) is 6.13. The Morgan fingerprint density at radius 3 is 3.12 bits per heavy atom. The van der Waals surface area contributed by atoms with Crippen molar-refractivity contribution in [3.63, 3.8) is 0 Å². The van der Waals surface area contributed by atoms with Crippen molar-refractivity contribution < 1.29 is 14.3 Å². The van der Waals surface area contributed by atoms with Crippen LogP contribution >= 0.6 is 11.3 Å². The van der Waals surface area contributed by atoms with Crippen LogP contribution in [0.2, 0.25) is 0 Å². The van der Waals surface area contributed by atoms with E-state index in [0.29, 0.717) is 11.7 Å². The highest BCUT2D eigenvalue weighted by molar-refractivity contribution is 7.16. The molecule has 1 saturated heterocycles. The summed E-state index contributed by atoms with van der Waals surface area (Å²) in [7, 11) is 0. The van der Waals surface area contributed by atoms with Crippen LogP contribution in [0, 0.1) is 12.8 Å². The van der Waals surface area contributed by atoms with Crippen molar-refractivity contribution in [2.75, 3.05) is 18.5 Å². The number of hydrogen-bond acceptors (Lipinski definition) is 5. The Morgan fingerprint density at radius 1 is 1.44 bits per heavy atom. The maximum atomic E-state index is 12.3. The topological polar surface area (TPSA) is 80.3 Å². The molecule has 7 heteroatoms. The highest BCUT2D eigenvalue weighted by atomic mass is 32.1. The van der Waals surface area contributed by atoms with Gasteiger partial charge in [-0.05, 0) is 43.5 Å². The Kier molecular flexibility index (Phi) is 4.17. The van der Waals surface area contributed by atoms with Gasteiger partial charge in [0.2, 0.25) is 11.8 Å². The zero-order chi connectivity index (χ0) is 17.4. The quantitative estimate of drug-likeness (QED) is 0.885. The van der Waals surface area contributed by atoms with Crippen LogP contribution in [0.1, 0.15) is 23.3 Å². The zero-order valence-corrected chi connectivity index (χ0v) is 14.7. The molecule has 0 bridgehead atoms. The first-order valence-electron chi connectivity index (χ1n) is 8.41. The molecule has 25 heavy (non-hydrogen) atoms. The molecule has 1 fully saturated rings. The second-order valence-electron chi connectivity index (χ2n) is 6.39. The van der Waals surface area contributed by atoms with Gasteiger partial charge in [0.25, 0.3) is 0 Å². The van der Waals surface area contributed by atoms with Crippen molar-refractivity contribution in [1.29, 1.82) is 0 Å². The number of carbonyl (C=O) groups excluding carboxylic acids is 2. The van der Waals surface area contributed by atoms with Crippen molar-refractivity contribution in [1.82, 2.24) is 10.3 Å². The lowest BCUT2D eigenvalue weighted by atomic mass is 10.0. The Labute approximate surface area is 149 Å². The number of rotatable bonds is 3. The van der Waals surface area contributed by atoms with E-state index in [1.807, 2.05) is 19.1 Å². The number of aryl methyl sites for hydroxylation is 2. The van der Waals surface area contributed by atoms with Crippen LogP contribution < -0.4 is 15.4 Å². The predicted molar refractivity (Wildman–Crippen MR) is 95.8 cm³/mol. The van der Waals surface area contributed by atoms with Crippen molar-refractivity contribution in [2.45, 2.75) is 26.2 Å². The standard InChI is InChI=1S/C18H19N3O3S/c1-10-16(12-4-5-14-11(7-12)3-2-6-24-14)20-18(25-10)21-17(23)13-8-15(22)19-9-13/h4-5,7,13H,2-3,6,8-9H2,1H3,(H,19,22)(H,20,21,23)/t13-/m1/s1. The summed E-state index contributed by atoms with van der Waals surface area (Å²) in [4.78, 5) is 29.2. The first-order valence-corrected chi connectivity index (χ1v) is 9.23. The Morgan fingerprint density at radius 2 is 2.32 bits per heavy atom. The minimum atomic E-state index is -0.318. The average Bonchev–Trinajstić information content (AvgIpc) is 3.20. The number of carbonyl (C=O) groups is 2. The van der Waals surface area contributed by atoms with E-state index in [1.165, 1.54) is 16.9 Å². The van der Waals surface area contributed by atoms with Gasteiger partial charge >= 0.3 is 0 Å². The molecule has 0 spiro atoms. The summed E-state index contributed by atoms with van der Waals surface area (Å²) < 4.78 is 5.66. The number of benzene rings is 1. The second-order valence-corrected chi connectivity index (χ2v) is 7.60. The zero-order valence-electron chi connectivity index (χ0n) is 13.9. The van der Waals surface area contributed by atoms with Crippen LogP contribution in [0.25, 0.3) is 11.3 Å². The molecule has 2 aliphatic rings. The third kappa shape index (κ3) is 3.24. The van der Waals surface area contributed by atoms with Gasteiger partial charge in [-0.1, -0.05) is 0 Å². The Hall–Kier alpha value is -2.41. The lowest BCUT2D eigenvalue weighted by Gasteiger charge is -2.17. The van der Waals surface area contributed by atoms with Gasteiger partial charge in [-0.2, -0.15) is 0 Å². The summed E-state index contributed by atoms with van der Waals surface area (Å²) in [6.45, 7) is 3.17. The molecular weight excluding hydrogens is 338 g/mol. The first-order chi connectivity index (χ1) is 12.1. The fraction of sp³-hybridized carbons (Fsp3) is 0.389. The van der Waals surface area contributed by atoms with Gasteiger partial charge in [0.1, 0.15) is 5.75 Å². The minimum Gasteiger partial charge on any atom is -0.493 e. The fourth-order valence-corrected chi connectivity index (χ4v) is 4.06. The number of anilines is 1. The van der Waals surface area contributed by atoms with Crippen LogP contribution in [0.15, 0.2) is 18.2 Å². The highest BCUT2D eigenvalue weighted by Gasteiger charge is 2.28. The molecule has 2 amide bonds. The van der Waals surface area contributed by atoms with Gasteiger partial charge < -0.3 is 15.4 Å². The average molecular weight is 357 g/mol. The van der Waals surface area contributed by atoms with Crippen LogP contribution in [0.5, 0.6) is 5.75 Å². The maximum Gasteiger partial charge on any atom is 0.231 e. The molecule has 1 aromatic carbocycles. The SMILES string of the molecule is Cc1sc(NC(=O)[C@H]2CNC(=O)C2)nc1-c1ccc2c(c1)CCCO2. The number of amides is 2. The van der Waals surface area contributed by atoms with Gasteiger partial charge in [-0.15, -0.1) is 11.3 Å². The van der Waals surface area contributed by atoms with Crippen LogP contribution in [-0.4, -0.2) is 29.9 Å². The lowest BCUT2D eigenvalue weighted by molar-refractivity contribution is -0.123. The summed E-state index contributed by atoms with van der Waals surface area (Å²) >= 11 is 1.45. The lowest BCUT2D eigenvalue weighted by Crippen LogP contribution is -2.24. The molecule has 6 nitrogen and oxygen atoms in total. The number of thiazole rings is 1. The van der Waals surface area contributed by atoms with E-state index in [1.54, 1.807) is 0 Å². The molecule has 2 aliphatic heterocycles. The van der Waals surface area contributed by atoms with Gasteiger partial charge in [0.15, 0.2) is 5.13 Å². The molecule has 4 rings (SSSR count). The maximum absolute atomic E-state index is 12.3. The summed E-state index contributed by atoms with van der Waals surface area (Å²) in [6.07, 6.45) is 2.29. The molecule has 0 unspecified atom stereocenters. The fourth-order valence-electron chi connectivity index (χ4n) is 3.22. The molecule has 0 saturated carbocycles. The monoisotopic (exact) mass is 357 g/mol. The molecule has 1 aromatic heterocycles. The summed E-state index contributed by atoms with van der Waals surface area (Å²) in [5.41, 5.74) is 3.13. The number of nitrogens with zero attached hydrogens (tertiary/aromatic N) is 1. The predicted octanol–water partition coefficient (Wildman–Crippen LogP) is 2.52. The van der Waals surface area contributed by atoms with Gasteiger partial charge in [-0.3, -0.25) is 9.59 Å². The van der Waals surface area contributed by atoms with Crippen molar-refractivity contribution >= 4 is 28.3 Å². The van der Waals surface area contributed by atoms with E-state index in [4.69, 9.17) is 4.74 Å². The van der Waals surface area contributed by atoms with E-state index in [9.17, 15) is 9.59 Å². The Balaban J connectivity index is 1.54. The second kappa shape index (κ2) is 6.48. The van der Waals surface area contributed by atoms with Crippen LogP contribution in [0.3, 0.4) is 0 Å². The molecule has 0 aliphatic carbocycles. The van der Waals surface area contributed by atoms with Crippen LogP contribution in [0.4, 0.5) is 5.13 Å². The summed E-state index contributed by atoms with van der Waals surface area (Å²) in [5.74, 6) is 0.404. The highest BCUT2D eigenvalue weighted by Crippen LogP contribution is 2.34. The van der Waals surface area contributed by atoms with Crippen molar-refractivity contribution in [2.24, 2.45) is 5.92 Å². The van der Waals surface area contributed by atoms with E-state index in [0.717, 1.165) is 41.3 Å². The van der Waals surface area contributed by atoms with Gasteiger partial charge in [0.05, 0.1) is 18.2 Å². The third-order valence-corrected chi connectivity index (χ3v) is 5.44. The molecule has 130 valence electrons. The number of fused-ring (bicyclic) bond motifs is 1. The largest absolute Gasteiger partial charge is 0.493 e. The minimum absolute atomic E-state index is 0.0764. The molecule has 2 N–H and O–H groups in total. The van der Waals surface area contributed by atoms with E-state index >= 15 is 0 Å². The number of aromatic nitrogens is 1. The third-order valence-electron chi connectivity index (χ3n) is 4.56. The number of hydrogen-bond donors (Lipinski definition) is 2. The van der Waals surface area contributed by atoms with Gasteiger partial charge in [0, 0.05) is 23.4 Å². The normalized spacial score (nSPS) is 19.1. The van der Waals surface area contributed by atoms with Crippen LogP contribution in [-0.2, 0) is 16.0 Å². The molecule has 1 atom stereocenters. The molecule has 0 radical (unpaired) electrons. The van der Waals surface area contributed by atoms with E-state index < -0.39 is 0 Å². The van der Waals surface area contributed by atoms with Crippen molar-refractivity contribution in [3.05, 3.63) is 28.6 Å². The van der Waals surface area contributed by atoms with E-state index in [-0.39, 0.29) is 24.2 Å². The van der Waals surface area contributed by atoms with Gasteiger partial charge in [-0.25, -0.2) is 4.98 Å². The molecule has 2 aromatic rings. The Bertz CT molecular complexity index is 846.